The van der Waals surface area contributed by atoms with Gasteiger partial charge in [0.15, 0.2) is 0 Å². The molecule has 0 aromatic rings. The molecule has 100 valence electrons. The summed E-state index contributed by atoms with van der Waals surface area (Å²) in [6.07, 6.45) is 0. The van der Waals surface area contributed by atoms with E-state index in [2.05, 4.69) is 0 Å². The molecular weight excluding hydrogens is 232 g/mol. The predicted octanol–water partition coefficient (Wildman–Crippen LogP) is 3.02. The number of aliphatic hydroxyl groups excluding tert-OH is 1. The minimum atomic E-state index is -0.355. The standard InChI is InChI=1S/C14H20O4/c1-6-17-13(15)11-8(3)9(4)12(10(11)5)14(16)18-7-2/h15H,6-7H2,1-5H3. The second kappa shape index (κ2) is 5.76. The van der Waals surface area contributed by atoms with E-state index in [9.17, 15) is 9.90 Å². The van der Waals surface area contributed by atoms with Crippen molar-refractivity contribution in [3.63, 3.8) is 0 Å². The molecule has 0 aromatic carbocycles. The maximum Gasteiger partial charge on any atom is 0.338 e. The molecule has 18 heavy (non-hydrogen) atoms. The molecule has 4 heteroatoms. The van der Waals surface area contributed by atoms with E-state index in [1.807, 2.05) is 13.8 Å². The number of carbonyl (C=O) groups is 1. The zero-order valence-electron chi connectivity index (χ0n) is 11.6. The number of rotatable bonds is 4. The summed E-state index contributed by atoms with van der Waals surface area (Å²) in [5.74, 6) is -0.489. The Morgan fingerprint density at radius 3 is 2.06 bits per heavy atom. The van der Waals surface area contributed by atoms with E-state index in [0.29, 0.717) is 29.9 Å². The quantitative estimate of drug-likeness (QED) is 0.617. The Morgan fingerprint density at radius 2 is 1.56 bits per heavy atom. The molecule has 0 unspecified atom stereocenters. The first-order valence-corrected chi connectivity index (χ1v) is 6.08. The number of carbonyl (C=O) groups excluding carboxylic acids is 1. The van der Waals surface area contributed by atoms with E-state index in [-0.39, 0.29) is 11.9 Å². The molecule has 0 spiro atoms. The average molecular weight is 252 g/mol. The van der Waals surface area contributed by atoms with Crippen LogP contribution in [0.25, 0.3) is 0 Å². The van der Waals surface area contributed by atoms with Crippen molar-refractivity contribution < 1.29 is 19.4 Å². The Bertz CT molecular complexity index is 452. The van der Waals surface area contributed by atoms with Gasteiger partial charge in [0, 0.05) is 0 Å². The van der Waals surface area contributed by atoms with Gasteiger partial charge in [-0.05, 0) is 51.3 Å². The maximum absolute atomic E-state index is 11.9. The largest absolute Gasteiger partial charge is 0.481 e. The summed E-state index contributed by atoms with van der Waals surface area (Å²) >= 11 is 0. The first kappa shape index (κ1) is 14.4. The third kappa shape index (κ3) is 2.42. The molecule has 0 aliphatic heterocycles. The second-order valence-corrected chi connectivity index (χ2v) is 4.08. The van der Waals surface area contributed by atoms with E-state index < -0.39 is 0 Å². The zero-order chi connectivity index (χ0) is 13.9. The summed E-state index contributed by atoms with van der Waals surface area (Å²) in [4.78, 5) is 11.9. The van der Waals surface area contributed by atoms with Crippen molar-refractivity contribution in [3.8, 4) is 0 Å². The van der Waals surface area contributed by atoms with Crippen LogP contribution >= 0.6 is 0 Å². The highest BCUT2D eigenvalue weighted by molar-refractivity contribution is 5.98. The first-order chi connectivity index (χ1) is 8.45. The zero-order valence-corrected chi connectivity index (χ0v) is 11.6. The molecule has 0 fully saturated rings. The van der Waals surface area contributed by atoms with Crippen molar-refractivity contribution in [2.75, 3.05) is 13.2 Å². The van der Waals surface area contributed by atoms with Crippen LogP contribution in [0.1, 0.15) is 34.6 Å². The Morgan fingerprint density at radius 1 is 1.00 bits per heavy atom. The Balaban J connectivity index is 3.28. The third-order valence-electron chi connectivity index (χ3n) is 3.04. The topological polar surface area (TPSA) is 55.8 Å². The number of hydrogen-bond donors (Lipinski definition) is 1. The van der Waals surface area contributed by atoms with Crippen LogP contribution in [0.3, 0.4) is 0 Å². The molecule has 1 rings (SSSR count). The van der Waals surface area contributed by atoms with Gasteiger partial charge in [0.2, 0.25) is 0 Å². The van der Waals surface area contributed by atoms with Gasteiger partial charge in [-0.25, -0.2) is 4.79 Å². The molecule has 1 N–H and O–H groups in total. The fraction of sp³-hybridized carbons (Fsp3) is 0.500. The molecule has 0 saturated heterocycles. The lowest BCUT2D eigenvalue weighted by Crippen LogP contribution is -2.08. The van der Waals surface area contributed by atoms with Gasteiger partial charge in [-0.2, -0.15) is 0 Å². The molecule has 0 radical (unpaired) electrons. The molecular formula is C14H20O4. The van der Waals surface area contributed by atoms with Crippen molar-refractivity contribution in [1.82, 2.24) is 0 Å². The lowest BCUT2D eigenvalue weighted by molar-refractivity contribution is -0.138. The van der Waals surface area contributed by atoms with Crippen molar-refractivity contribution in [1.29, 1.82) is 0 Å². The number of esters is 1. The van der Waals surface area contributed by atoms with Crippen LogP contribution in [0.2, 0.25) is 0 Å². The van der Waals surface area contributed by atoms with Gasteiger partial charge in [-0.1, -0.05) is 0 Å². The lowest BCUT2D eigenvalue weighted by Gasteiger charge is -2.08. The predicted molar refractivity (Wildman–Crippen MR) is 69.0 cm³/mol. The van der Waals surface area contributed by atoms with E-state index in [4.69, 9.17) is 9.47 Å². The number of ether oxygens (including phenoxy) is 2. The van der Waals surface area contributed by atoms with E-state index in [1.165, 1.54) is 0 Å². The molecule has 0 amide bonds. The first-order valence-electron chi connectivity index (χ1n) is 6.08. The van der Waals surface area contributed by atoms with Gasteiger partial charge in [0.25, 0.3) is 5.95 Å². The highest BCUT2D eigenvalue weighted by Gasteiger charge is 2.30. The van der Waals surface area contributed by atoms with Gasteiger partial charge < -0.3 is 14.6 Å². The van der Waals surface area contributed by atoms with Crippen molar-refractivity contribution >= 4 is 5.97 Å². The van der Waals surface area contributed by atoms with Crippen molar-refractivity contribution in [2.45, 2.75) is 34.6 Å². The third-order valence-corrected chi connectivity index (χ3v) is 3.04. The molecule has 0 atom stereocenters. The summed E-state index contributed by atoms with van der Waals surface area (Å²) in [5.41, 5.74) is 3.50. The number of allylic oxidation sites excluding steroid dienone is 3. The monoisotopic (exact) mass is 252 g/mol. The minimum absolute atomic E-state index is 0.133. The highest BCUT2D eigenvalue weighted by atomic mass is 16.6. The van der Waals surface area contributed by atoms with Crippen LogP contribution in [0.15, 0.2) is 33.8 Å². The smallest absolute Gasteiger partial charge is 0.338 e. The van der Waals surface area contributed by atoms with E-state index in [0.717, 1.165) is 11.1 Å². The van der Waals surface area contributed by atoms with Crippen LogP contribution in [-0.4, -0.2) is 24.3 Å². The Kier molecular flexibility index (Phi) is 4.59. The molecule has 4 nitrogen and oxygen atoms in total. The van der Waals surface area contributed by atoms with Crippen molar-refractivity contribution in [2.24, 2.45) is 0 Å². The Hall–Kier alpha value is -1.71. The van der Waals surface area contributed by atoms with Crippen LogP contribution in [0.4, 0.5) is 0 Å². The van der Waals surface area contributed by atoms with Crippen LogP contribution in [0, 0.1) is 0 Å². The summed E-state index contributed by atoms with van der Waals surface area (Å²) in [6.45, 7) is 9.76. The molecule has 1 aliphatic carbocycles. The minimum Gasteiger partial charge on any atom is -0.481 e. The van der Waals surface area contributed by atoms with Gasteiger partial charge in [-0.3, -0.25) is 0 Å². The van der Waals surface area contributed by atoms with Gasteiger partial charge in [-0.15, -0.1) is 0 Å². The van der Waals surface area contributed by atoms with Crippen LogP contribution < -0.4 is 0 Å². The van der Waals surface area contributed by atoms with Crippen LogP contribution in [-0.2, 0) is 14.3 Å². The summed E-state index contributed by atoms with van der Waals surface area (Å²) < 4.78 is 10.1. The second-order valence-electron chi connectivity index (χ2n) is 4.08. The number of hydrogen-bond acceptors (Lipinski definition) is 4. The molecule has 0 saturated carbocycles. The SMILES string of the molecule is CCOC(=O)C1=C(C)C(=C(O)OCC)C(C)=C1C. The molecule has 0 aromatic heterocycles. The maximum atomic E-state index is 11.9. The van der Waals surface area contributed by atoms with Gasteiger partial charge >= 0.3 is 5.97 Å². The van der Waals surface area contributed by atoms with Gasteiger partial charge in [0.05, 0.1) is 24.4 Å². The normalized spacial score (nSPS) is 18.3. The lowest BCUT2D eigenvalue weighted by atomic mass is 10.1. The van der Waals surface area contributed by atoms with E-state index in [1.54, 1.807) is 20.8 Å². The fourth-order valence-electron chi connectivity index (χ4n) is 2.10. The number of aliphatic hydroxyl groups is 1. The van der Waals surface area contributed by atoms with Gasteiger partial charge in [0.1, 0.15) is 0 Å². The molecule has 0 bridgehead atoms. The van der Waals surface area contributed by atoms with E-state index >= 15 is 0 Å². The fourth-order valence-corrected chi connectivity index (χ4v) is 2.10. The van der Waals surface area contributed by atoms with Crippen molar-refractivity contribution in [3.05, 3.63) is 33.8 Å². The summed E-state index contributed by atoms with van der Waals surface area (Å²) in [7, 11) is 0. The summed E-state index contributed by atoms with van der Waals surface area (Å²) in [5, 5.41) is 9.87. The Labute approximate surface area is 108 Å². The average Bonchev–Trinajstić information content (AvgIpc) is 2.51. The van der Waals surface area contributed by atoms with Crippen LogP contribution in [0.5, 0.6) is 0 Å². The molecule has 0 heterocycles. The highest BCUT2D eigenvalue weighted by Crippen LogP contribution is 2.38. The molecule has 1 aliphatic rings. The summed E-state index contributed by atoms with van der Waals surface area (Å²) in [6, 6.07) is 0.